The van der Waals surface area contributed by atoms with Crippen molar-refractivity contribution in [3.8, 4) is 5.75 Å². The van der Waals surface area contributed by atoms with E-state index in [0.717, 1.165) is 31.5 Å². The smallest absolute Gasteiger partial charge is 0.319 e. The number of amides is 2. The molecule has 2 aromatic rings. The monoisotopic (exact) mass is 359 g/mol. The van der Waals surface area contributed by atoms with E-state index < -0.39 is 0 Å². The predicted octanol–water partition coefficient (Wildman–Crippen LogP) is 2.69. The SMILES string of the molecule is CN(CCc1ccsc1)C(=O)N(C)CC1Cc2ccc(O)cc2CN1. The van der Waals surface area contributed by atoms with E-state index in [9.17, 15) is 9.90 Å². The van der Waals surface area contributed by atoms with Crippen LogP contribution in [0.4, 0.5) is 4.79 Å². The summed E-state index contributed by atoms with van der Waals surface area (Å²) in [6.07, 6.45) is 1.75. The maximum atomic E-state index is 12.6. The van der Waals surface area contributed by atoms with Gasteiger partial charge in [-0.25, -0.2) is 4.79 Å². The van der Waals surface area contributed by atoms with E-state index in [2.05, 4.69) is 22.1 Å². The van der Waals surface area contributed by atoms with Gasteiger partial charge in [0.2, 0.25) is 0 Å². The van der Waals surface area contributed by atoms with Gasteiger partial charge in [-0.05, 0) is 58.5 Å². The highest BCUT2D eigenvalue weighted by Crippen LogP contribution is 2.21. The maximum absolute atomic E-state index is 12.6. The Morgan fingerprint density at radius 2 is 2.12 bits per heavy atom. The molecule has 0 saturated carbocycles. The number of phenolic OH excluding ortho intramolecular Hbond substituents is 1. The first-order valence-electron chi connectivity index (χ1n) is 8.54. The first-order chi connectivity index (χ1) is 12.0. The van der Waals surface area contributed by atoms with Crippen LogP contribution in [0.25, 0.3) is 0 Å². The van der Waals surface area contributed by atoms with Gasteiger partial charge in [-0.15, -0.1) is 0 Å². The molecule has 1 aliphatic heterocycles. The average Bonchev–Trinajstić information content (AvgIpc) is 3.12. The molecule has 25 heavy (non-hydrogen) atoms. The van der Waals surface area contributed by atoms with E-state index in [0.29, 0.717) is 12.3 Å². The Kier molecular flexibility index (Phi) is 5.60. The molecule has 134 valence electrons. The summed E-state index contributed by atoms with van der Waals surface area (Å²) in [5.41, 5.74) is 3.66. The number of carbonyl (C=O) groups excluding carboxylic acids is 1. The Labute approximate surface area is 152 Å². The number of urea groups is 1. The number of thiophene rings is 1. The molecule has 0 bridgehead atoms. The van der Waals surface area contributed by atoms with Crippen LogP contribution >= 0.6 is 11.3 Å². The predicted molar refractivity (Wildman–Crippen MR) is 101 cm³/mol. The molecule has 1 aromatic heterocycles. The standard InChI is InChI=1S/C19H25N3O2S/c1-21(7-5-14-6-8-25-13-14)19(24)22(2)12-17-9-15-3-4-18(23)10-16(15)11-20-17/h3-4,6,8,10,13,17,20,23H,5,7,9,11-12H2,1-2H3. The lowest BCUT2D eigenvalue weighted by Gasteiger charge is -2.32. The molecule has 0 fully saturated rings. The molecule has 1 aromatic carbocycles. The summed E-state index contributed by atoms with van der Waals surface area (Å²) in [7, 11) is 3.72. The number of carbonyl (C=O) groups is 1. The number of hydrogen-bond donors (Lipinski definition) is 2. The number of aromatic hydroxyl groups is 1. The second-order valence-corrected chi connectivity index (χ2v) is 7.48. The van der Waals surface area contributed by atoms with E-state index in [-0.39, 0.29) is 12.1 Å². The number of phenols is 1. The highest BCUT2D eigenvalue weighted by Gasteiger charge is 2.22. The van der Waals surface area contributed by atoms with Crippen molar-refractivity contribution >= 4 is 17.4 Å². The van der Waals surface area contributed by atoms with E-state index >= 15 is 0 Å². The lowest BCUT2D eigenvalue weighted by atomic mass is 9.95. The molecular weight excluding hydrogens is 334 g/mol. The second-order valence-electron chi connectivity index (χ2n) is 6.70. The summed E-state index contributed by atoms with van der Waals surface area (Å²) in [4.78, 5) is 16.1. The van der Waals surface area contributed by atoms with Gasteiger partial charge in [0.05, 0.1) is 0 Å². The number of fused-ring (bicyclic) bond motifs is 1. The van der Waals surface area contributed by atoms with Crippen molar-refractivity contribution in [3.05, 3.63) is 51.7 Å². The van der Waals surface area contributed by atoms with Gasteiger partial charge in [0, 0.05) is 39.8 Å². The van der Waals surface area contributed by atoms with Crippen LogP contribution in [-0.2, 0) is 19.4 Å². The average molecular weight is 359 g/mol. The van der Waals surface area contributed by atoms with Crippen molar-refractivity contribution in [2.24, 2.45) is 0 Å². The summed E-state index contributed by atoms with van der Waals surface area (Å²) < 4.78 is 0. The highest BCUT2D eigenvalue weighted by molar-refractivity contribution is 7.07. The lowest BCUT2D eigenvalue weighted by Crippen LogP contribution is -2.48. The van der Waals surface area contributed by atoms with E-state index in [1.54, 1.807) is 27.2 Å². The van der Waals surface area contributed by atoms with Gasteiger partial charge < -0.3 is 20.2 Å². The third-order valence-corrected chi connectivity index (χ3v) is 5.43. The first kappa shape index (κ1) is 17.8. The zero-order valence-corrected chi connectivity index (χ0v) is 15.6. The largest absolute Gasteiger partial charge is 0.508 e. The van der Waals surface area contributed by atoms with E-state index in [1.165, 1.54) is 11.1 Å². The number of likely N-dealkylation sites (N-methyl/N-ethyl adjacent to an activating group) is 2. The van der Waals surface area contributed by atoms with Crippen LogP contribution in [0.5, 0.6) is 5.75 Å². The topological polar surface area (TPSA) is 55.8 Å². The summed E-state index contributed by atoms with van der Waals surface area (Å²) >= 11 is 1.69. The fourth-order valence-corrected chi connectivity index (χ4v) is 3.93. The Bertz CT molecular complexity index is 717. The fraction of sp³-hybridized carbons (Fsp3) is 0.421. The molecule has 1 aliphatic rings. The number of hydrogen-bond acceptors (Lipinski definition) is 4. The third-order valence-electron chi connectivity index (χ3n) is 4.70. The molecule has 2 heterocycles. The lowest BCUT2D eigenvalue weighted by molar-refractivity contribution is 0.168. The highest BCUT2D eigenvalue weighted by atomic mass is 32.1. The third kappa shape index (κ3) is 4.52. The van der Waals surface area contributed by atoms with Crippen LogP contribution in [0.3, 0.4) is 0 Å². The van der Waals surface area contributed by atoms with Gasteiger partial charge in [0.1, 0.15) is 5.75 Å². The van der Waals surface area contributed by atoms with Crippen LogP contribution in [0.15, 0.2) is 35.0 Å². The number of benzene rings is 1. The minimum Gasteiger partial charge on any atom is -0.508 e. The molecule has 0 saturated heterocycles. The minimum absolute atomic E-state index is 0.0496. The van der Waals surface area contributed by atoms with E-state index in [1.807, 2.05) is 26.2 Å². The number of rotatable bonds is 5. The molecule has 0 radical (unpaired) electrons. The van der Waals surface area contributed by atoms with Crippen molar-refractivity contribution in [1.82, 2.24) is 15.1 Å². The number of nitrogens with zero attached hydrogens (tertiary/aromatic N) is 2. The molecule has 5 nitrogen and oxygen atoms in total. The second kappa shape index (κ2) is 7.89. The summed E-state index contributed by atoms with van der Waals surface area (Å²) in [5.74, 6) is 0.304. The van der Waals surface area contributed by atoms with Gasteiger partial charge in [-0.1, -0.05) is 6.07 Å². The zero-order valence-electron chi connectivity index (χ0n) is 14.7. The van der Waals surface area contributed by atoms with Gasteiger partial charge in [-0.2, -0.15) is 11.3 Å². The Morgan fingerprint density at radius 3 is 2.88 bits per heavy atom. The Balaban J connectivity index is 1.50. The molecule has 2 amide bonds. The van der Waals surface area contributed by atoms with Gasteiger partial charge in [0.15, 0.2) is 0 Å². The molecule has 1 unspecified atom stereocenters. The van der Waals surface area contributed by atoms with Gasteiger partial charge in [-0.3, -0.25) is 0 Å². The first-order valence-corrected chi connectivity index (χ1v) is 9.48. The zero-order chi connectivity index (χ0) is 17.8. The fourth-order valence-electron chi connectivity index (χ4n) is 3.22. The van der Waals surface area contributed by atoms with Crippen LogP contribution in [0.1, 0.15) is 16.7 Å². The normalized spacial score (nSPS) is 16.3. The van der Waals surface area contributed by atoms with Gasteiger partial charge in [0.25, 0.3) is 0 Å². The number of nitrogens with one attached hydrogen (secondary N) is 1. The molecule has 1 atom stereocenters. The van der Waals surface area contributed by atoms with Crippen molar-refractivity contribution in [2.45, 2.75) is 25.4 Å². The molecule has 0 spiro atoms. The van der Waals surface area contributed by atoms with Crippen molar-refractivity contribution in [3.63, 3.8) is 0 Å². The molecular formula is C19H25N3O2S. The minimum atomic E-state index is 0.0496. The van der Waals surface area contributed by atoms with Crippen LogP contribution < -0.4 is 5.32 Å². The summed E-state index contributed by atoms with van der Waals surface area (Å²) in [6, 6.07) is 7.91. The summed E-state index contributed by atoms with van der Waals surface area (Å²) in [5, 5.41) is 17.2. The maximum Gasteiger partial charge on any atom is 0.319 e. The summed E-state index contributed by atoms with van der Waals surface area (Å²) in [6.45, 7) is 2.12. The van der Waals surface area contributed by atoms with Crippen molar-refractivity contribution in [1.29, 1.82) is 0 Å². The molecule has 2 N–H and O–H groups in total. The Hall–Kier alpha value is -2.05. The van der Waals surface area contributed by atoms with Gasteiger partial charge >= 0.3 is 6.03 Å². The molecule has 3 rings (SSSR count). The van der Waals surface area contributed by atoms with Crippen molar-refractivity contribution in [2.75, 3.05) is 27.2 Å². The molecule has 6 heteroatoms. The Morgan fingerprint density at radius 1 is 1.28 bits per heavy atom. The van der Waals surface area contributed by atoms with Crippen LogP contribution in [0, 0.1) is 0 Å². The van der Waals surface area contributed by atoms with Crippen molar-refractivity contribution < 1.29 is 9.90 Å². The quantitative estimate of drug-likeness (QED) is 0.863. The van der Waals surface area contributed by atoms with Crippen LogP contribution in [0.2, 0.25) is 0 Å². The van der Waals surface area contributed by atoms with Crippen LogP contribution in [-0.4, -0.2) is 54.2 Å². The van der Waals surface area contributed by atoms with E-state index in [4.69, 9.17) is 0 Å². The molecule has 0 aliphatic carbocycles.